The van der Waals surface area contributed by atoms with Crippen molar-refractivity contribution in [1.82, 2.24) is 55.1 Å². The monoisotopic (exact) mass is 987 g/mol. The molecule has 0 aliphatic carbocycles. The van der Waals surface area contributed by atoms with Crippen molar-refractivity contribution in [3.05, 3.63) is 96.1 Å². The van der Waals surface area contributed by atoms with Crippen LogP contribution in [-0.4, -0.2) is 138 Å². The second-order valence-electron chi connectivity index (χ2n) is 18.5. The molecule has 3 aliphatic heterocycles. The quantitative estimate of drug-likeness (QED) is 0.0133. The van der Waals surface area contributed by atoms with Crippen LogP contribution in [0.3, 0.4) is 0 Å². The van der Waals surface area contributed by atoms with E-state index in [9.17, 15) is 24.0 Å². The second kappa shape index (κ2) is 22.3. The first-order valence-corrected chi connectivity index (χ1v) is 23.5. The summed E-state index contributed by atoms with van der Waals surface area (Å²) in [6, 6.07) is 14.0. The summed E-state index contributed by atoms with van der Waals surface area (Å²) < 4.78 is 17.8. The predicted octanol–water partition coefficient (Wildman–Crippen LogP) is 5.14. The number of nitrogens with zero attached hydrogens (tertiary/aromatic N) is 10. The van der Waals surface area contributed by atoms with Crippen LogP contribution in [-0.2, 0) is 45.0 Å². The van der Waals surface area contributed by atoms with Crippen LogP contribution in [0.4, 0.5) is 4.79 Å². The number of benzene rings is 2. The number of likely N-dealkylation sites (tertiary alicyclic amines) is 2. The molecule has 23 nitrogen and oxygen atoms in total. The number of aliphatic imine (C=N–C) groups is 1. The van der Waals surface area contributed by atoms with Gasteiger partial charge in [0.1, 0.15) is 30.8 Å². The zero-order chi connectivity index (χ0) is 51.1. The van der Waals surface area contributed by atoms with Crippen molar-refractivity contribution in [2.45, 2.75) is 83.8 Å². The minimum absolute atomic E-state index is 0.0218. The van der Waals surface area contributed by atoms with Crippen LogP contribution in [0, 0.1) is 23.2 Å². The zero-order valence-electron chi connectivity index (χ0n) is 40.7. The maximum absolute atomic E-state index is 14.2. The molecule has 0 radical (unpaired) electrons. The van der Waals surface area contributed by atoms with Gasteiger partial charge in [0.15, 0.2) is 5.69 Å². The van der Waals surface area contributed by atoms with Gasteiger partial charge < -0.3 is 39.2 Å². The third kappa shape index (κ3) is 10.9. The van der Waals surface area contributed by atoms with Gasteiger partial charge in [-0.25, -0.2) is 23.9 Å². The first kappa shape index (κ1) is 50.3. The minimum atomic E-state index is -0.856. The van der Waals surface area contributed by atoms with Crippen molar-refractivity contribution >= 4 is 48.0 Å². The Labute approximate surface area is 414 Å². The molecule has 3 N–H and O–H groups in total. The number of H-pyrrole nitrogens is 1. The summed E-state index contributed by atoms with van der Waals surface area (Å²) in [5, 5.41) is 26.4. The Hall–Kier alpha value is -8.08. The summed E-state index contributed by atoms with van der Waals surface area (Å²) in [6.45, 7) is 8.40. The van der Waals surface area contributed by atoms with Crippen molar-refractivity contribution < 1.29 is 48.0 Å². The van der Waals surface area contributed by atoms with Crippen LogP contribution in [0.2, 0.25) is 0 Å². The van der Waals surface area contributed by atoms with E-state index in [-0.39, 0.29) is 61.2 Å². The first-order valence-electron chi connectivity index (χ1n) is 23.5. The average molecular weight is 988 g/mol. The van der Waals surface area contributed by atoms with E-state index in [0.29, 0.717) is 50.2 Å². The Morgan fingerprint density at radius 1 is 0.819 bits per heavy atom. The number of aromatic nitrogens is 8. The highest BCUT2D eigenvalue weighted by atomic mass is 17.2. The van der Waals surface area contributed by atoms with Crippen LogP contribution in [0.25, 0.3) is 28.0 Å². The number of esters is 1. The number of carbonyl (C=O) groups is 5. The molecule has 5 aromatic rings. The first-order chi connectivity index (χ1) is 34.8. The van der Waals surface area contributed by atoms with E-state index >= 15 is 0 Å². The average Bonchev–Trinajstić information content (AvgIpc) is 4.25. The molecule has 23 heteroatoms. The van der Waals surface area contributed by atoms with Gasteiger partial charge in [0.25, 0.3) is 6.47 Å². The fraction of sp³-hybridized carbons (Fsp3) is 0.429. The number of methoxy groups -OCH3 is 2. The molecule has 0 spiro atoms. The summed E-state index contributed by atoms with van der Waals surface area (Å²) in [6.07, 6.45) is 8.19. The molecule has 2 saturated heterocycles. The van der Waals surface area contributed by atoms with E-state index in [1.54, 1.807) is 31.6 Å². The van der Waals surface area contributed by atoms with E-state index in [1.165, 1.54) is 20.4 Å². The molecule has 6 heterocycles. The maximum Gasteiger partial charge on any atom is 0.407 e. The van der Waals surface area contributed by atoms with Gasteiger partial charge in [0.05, 0.1) is 68.6 Å². The van der Waals surface area contributed by atoms with Gasteiger partial charge in [-0.05, 0) is 52.5 Å². The Morgan fingerprint density at radius 2 is 1.46 bits per heavy atom. The number of alkyl carbamates (subject to hydrolysis) is 1. The van der Waals surface area contributed by atoms with Gasteiger partial charge in [0, 0.05) is 31.4 Å². The molecule has 8 rings (SSSR count). The van der Waals surface area contributed by atoms with E-state index < -0.39 is 36.1 Å². The molecule has 2 fully saturated rings. The highest BCUT2D eigenvalue weighted by Gasteiger charge is 2.45. The standard InChI is InChI=1S/C49H57N13O10/c1-28(2)38(25-71-72-26-50)46(64)60-22-37(61-20-35(55-57-61)24-70-27-63)17-43(60)45-52-19-40(53-45)33-13-11-31(12-14-33)30-7-9-32(10-8-30)34-15-39(51-18-34)42-16-36(62-23-41(56-58-62)48(66)68-5)21-59(42)47(65)44(29(3)4)54-49(67)69-6/h7-14,18-20,23,26-29,36-38,42-44,50H,15-17,21-22,24-25H2,1-6H3,(H,52,53)(H,54,67)/t36-,37-,38+,42+,43+,44+/m1/s1. The van der Waals surface area contributed by atoms with Gasteiger partial charge >= 0.3 is 12.1 Å². The molecule has 3 amide bonds. The van der Waals surface area contributed by atoms with Crippen molar-refractivity contribution in [3.63, 3.8) is 0 Å². The normalized spacial score (nSPS) is 19.4. The zero-order valence-corrected chi connectivity index (χ0v) is 40.7. The number of imidazole rings is 1. The van der Waals surface area contributed by atoms with Gasteiger partial charge in [-0.2, -0.15) is 4.89 Å². The highest BCUT2D eigenvalue weighted by molar-refractivity contribution is 6.04. The lowest BCUT2D eigenvalue weighted by molar-refractivity contribution is -0.229. The van der Waals surface area contributed by atoms with Gasteiger partial charge in [-0.1, -0.05) is 86.7 Å². The van der Waals surface area contributed by atoms with Crippen molar-refractivity contribution in [2.75, 3.05) is 33.9 Å². The van der Waals surface area contributed by atoms with E-state index in [2.05, 4.69) is 43.1 Å². The molecular formula is C49H57N13O10. The molecular weight excluding hydrogens is 931 g/mol. The predicted molar refractivity (Wildman–Crippen MR) is 257 cm³/mol. The fourth-order valence-corrected chi connectivity index (χ4v) is 9.39. The summed E-state index contributed by atoms with van der Waals surface area (Å²) in [5.74, 6) is -1.37. The second-order valence-corrected chi connectivity index (χ2v) is 18.5. The van der Waals surface area contributed by atoms with Crippen LogP contribution in [0.15, 0.2) is 78.3 Å². The largest absolute Gasteiger partial charge is 0.464 e. The lowest BCUT2D eigenvalue weighted by Gasteiger charge is -2.31. The third-order valence-electron chi connectivity index (χ3n) is 13.3. The maximum atomic E-state index is 14.2. The Kier molecular flexibility index (Phi) is 15.6. The van der Waals surface area contributed by atoms with Crippen LogP contribution >= 0.6 is 0 Å². The van der Waals surface area contributed by atoms with Gasteiger partial charge in [-0.3, -0.25) is 24.8 Å². The molecule has 378 valence electrons. The Balaban J connectivity index is 0.952. The van der Waals surface area contributed by atoms with E-state index in [0.717, 1.165) is 39.2 Å². The van der Waals surface area contributed by atoms with Crippen molar-refractivity contribution in [2.24, 2.45) is 22.7 Å². The number of allylic oxidation sites excluding steroid dienone is 1. The Morgan fingerprint density at radius 3 is 2.10 bits per heavy atom. The minimum Gasteiger partial charge on any atom is -0.464 e. The smallest absolute Gasteiger partial charge is 0.407 e. The number of rotatable bonds is 20. The topological polar surface area (TPSA) is 276 Å². The molecule has 6 atom stereocenters. The molecule has 0 saturated carbocycles. The number of hydrogen-bond donors (Lipinski definition) is 3. The number of hydrogen-bond acceptors (Lipinski definition) is 17. The molecule has 0 bridgehead atoms. The van der Waals surface area contributed by atoms with Crippen molar-refractivity contribution in [1.29, 1.82) is 5.41 Å². The number of aromatic amines is 1. The summed E-state index contributed by atoms with van der Waals surface area (Å²) in [7, 11) is 2.52. The van der Waals surface area contributed by atoms with Gasteiger partial charge in [-0.15, -0.1) is 10.2 Å². The molecule has 2 aromatic carbocycles. The SMILES string of the molecule is COC(=O)N[C@H](C(=O)N1C[C@H](n2cc(C(=O)OC)nn2)C[C@H]1C1=NC=C(c2ccc(-c3ccc(-c4cnc([C@@H]5C[C@@H](n6cc(COC=O)nn6)CN5C(=O)[C@@H](COOC=N)C(C)C)[nH]4)cc3)cc2)C1)C(C)C. The van der Waals surface area contributed by atoms with Crippen molar-refractivity contribution in [3.8, 4) is 22.4 Å². The highest BCUT2D eigenvalue weighted by Crippen LogP contribution is 2.40. The van der Waals surface area contributed by atoms with E-state index in [1.807, 2.05) is 70.3 Å². The van der Waals surface area contributed by atoms with Crippen LogP contribution in [0.5, 0.6) is 0 Å². The van der Waals surface area contributed by atoms with Crippen LogP contribution in [0.1, 0.15) is 92.7 Å². The number of nitrogens with one attached hydrogen (secondary N) is 3. The number of ether oxygens (including phenoxy) is 3. The summed E-state index contributed by atoms with van der Waals surface area (Å²) in [4.78, 5) is 90.2. The fourth-order valence-electron chi connectivity index (χ4n) is 9.39. The number of amides is 3. The Bertz CT molecular complexity index is 2820. The lowest BCUT2D eigenvalue weighted by atomic mass is 9.95. The third-order valence-corrected chi connectivity index (χ3v) is 13.3. The van der Waals surface area contributed by atoms with E-state index in [4.69, 9.17) is 39.4 Å². The summed E-state index contributed by atoms with van der Waals surface area (Å²) >= 11 is 0. The summed E-state index contributed by atoms with van der Waals surface area (Å²) in [5.41, 5.74) is 6.93. The molecule has 72 heavy (non-hydrogen) atoms. The molecule has 0 unspecified atom stereocenters. The molecule has 3 aromatic heterocycles. The number of carbonyl (C=O) groups excluding carboxylic acids is 5. The van der Waals surface area contributed by atoms with Gasteiger partial charge in [0.2, 0.25) is 18.2 Å². The van der Waals surface area contributed by atoms with Crippen LogP contribution < -0.4 is 5.32 Å². The lowest BCUT2D eigenvalue weighted by Crippen LogP contribution is -2.53. The molecule has 3 aliphatic rings.